The first-order valence-electron chi connectivity index (χ1n) is 10.4. The predicted molar refractivity (Wildman–Crippen MR) is 122 cm³/mol. The van der Waals surface area contributed by atoms with Crippen LogP contribution in [0.2, 0.25) is 0 Å². The van der Waals surface area contributed by atoms with E-state index in [0.29, 0.717) is 17.5 Å². The molecule has 0 aliphatic carbocycles. The molecule has 1 amide bonds. The summed E-state index contributed by atoms with van der Waals surface area (Å²) in [5.74, 6) is -2.54. The molecule has 0 spiro atoms. The van der Waals surface area contributed by atoms with Gasteiger partial charge in [-0.15, -0.1) is 0 Å². The number of sulfonamides is 2. The second-order valence-electron chi connectivity index (χ2n) is 7.92. The highest BCUT2D eigenvalue weighted by atomic mass is 32.2. The van der Waals surface area contributed by atoms with Crippen LogP contribution in [0.15, 0.2) is 59.3 Å². The Kier molecular flexibility index (Phi) is 8.18. The summed E-state index contributed by atoms with van der Waals surface area (Å²) in [5.41, 5.74) is 0.995. The van der Waals surface area contributed by atoms with Crippen LogP contribution in [0.3, 0.4) is 0 Å². The van der Waals surface area contributed by atoms with Gasteiger partial charge in [0.2, 0.25) is 26.0 Å². The first-order valence-corrected chi connectivity index (χ1v) is 13.4. The van der Waals surface area contributed by atoms with Gasteiger partial charge < -0.3 is 5.32 Å². The fourth-order valence-electron chi connectivity index (χ4n) is 3.50. The Morgan fingerprint density at radius 1 is 1.06 bits per heavy atom. The van der Waals surface area contributed by atoms with Gasteiger partial charge in [0, 0.05) is 31.6 Å². The molecule has 12 heteroatoms. The van der Waals surface area contributed by atoms with Gasteiger partial charge in [0.1, 0.15) is 0 Å². The molecule has 0 bridgehead atoms. The number of halogens is 2. The van der Waals surface area contributed by atoms with Gasteiger partial charge in [-0.1, -0.05) is 24.8 Å². The quantitative estimate of drug-likeness (QED) is 0.504. The van der Waals surface area contributed by atoms with E-state index in [9.17, 15) is 30.4 Å². The van der Waals surface area contributed by atoms with Gasteiger partial charge in [-0.2, -0.15) is 4.31 Å². The van der Waals surface area contributed by atoms with E-state index in [1.165, 1.54) is 22.5 Å². The fraction of sp³-hybridized carbons (Fsp3) is 0.318. The molecular formula is C22H25F2N3O5S2. The summed E-state index contributed by atoms with van der Waals surface area (Å²) in [6.07, 6.45) is 0.406. The van der Waals surface area contributed by atoms with E-state index in [0.717, 1.165) is 17.5 Å². The highest BCUT2D eigenvalue weighted by Crippen LogP contribution is 2.24. The average molecular weight is 514 g/mol. The van der Waals surface area contributed by atoms with Crippen LogP contribution >= 0.6 is 0 Å². The third kappa shape index (κ3) is 6.69. The summed E-state index contributed by atoms with van der Waals surface area (Å²) in [6, 6.07) is 9.30. The van der Waals surface area contributed by atoms with Crippen molar-refractivity contribution in [2.75, 3.05) is 19.6 Å². The number of hydrogen-bond donors (Lipinski definition) is 2. The SMILES string of the molecule is C=CS(=O)(=O)NC[C@H]1CCN(S(=O)(=O)c2ccc(CNC(=O)Cc3ccc(F)c(F)c3)cc2)C1. The molecule has 1 saturated heterocycles. The van der Waals surface area contributed by atoms with Crippen molar-refractivity contribution in [3.05, 3.63) is 77.2 Å². The fourth-order valence-corrected chi connectivity index (χ4v) is 5.62. The van der Waals surface area contributed by atoms with E-state index in [2.05, 4.69) is 16.6 Å². The van der Waals surface area contributed by atoms with Gasteiger partial charge in [-0.25, -0.2) is 30.3 Å². The van der Waals surface area contributed by atoms with Crippen LogP contribution in [0.5, 0.6) is 0 Å². The number of rotatable bonds is 10. The zero-order valence-electron chi connectivity index (χ0n) is 18.2. The van der Waals surface area contributed by atoms with E-state index in [-0.39, 0.29) is 43.4 Å². The number of amides is 1. The smallest absolute Gasteiger partial charge is 0.243 e. The number of carbonyl (C=O) groups is 1. The molecule has 8 nitrogen and oxygen atoms in total. The third-order valence-corrected chi connectivity index (χ3v) is 8.33. The van der Waals surface area contributed by atoms with E-state index in [1.807, 2.05) is 0 Å². The van der Waals surface area contributed by atoms with Crippen molar-refractivity contribution in [3.63, 3.8) is 0 Å². The molecule has 34 heavy (non-hydrogen) atoms. The first kappa shape index (κ1) is 25.9. The van der Waals surface area contributed by atoms with Crippen LogP contribution in [-0.4, -0.2) is 46.7 Å². The molecule has 184 valence electrons. The highest BCUT2D eigenvalue weighted by molar-refractivity contribution is 7.92. The number of benzene rings is 2. The maximum atomic E-state index is 13.3. The Balaban J connectivity index is 1.53. The molecule has 0 radical (unpaired) electrons. The van der Waals surface area contributed by atoms with Crippen molar-refractivity contribution in [2.45, 2.75) is 24.3 Å². The largest absolute Gasteiger partial charge is 0.352 e. The Labute approximate surface area is 197 Å². The maximum absolute atomic E-state index is 13.3. The predicted octanol–water partition coefficient (Wildman–Crippen LogP) is 1.90. The van der Waals surface area contributed by atoms with Crippen molar-refractivity contribution in [1.29, 1.82) is 0 Å². The number of nitrogens with one attached hydrogen (secondary N) is 2. The van der Waals surface area contributed by atoms with Gasteiger partial charge in [0.15, 0.2) is 11.6 Å². The minimum Gasteiger partial charge on any atom is -0.352 e. The summed E-state index contributed by atoms with van der Waals surface area (Å²) in [5, 5.41) is 3.46. The van der Waals surface area contributed by atoms with E-state index in [1.54, 1.807) is 12.1 Å². The first-order chi connectivity index (χ1) is 16.0. The Hall–Kier alpha value is -2.67. The second-order valence-corrected chi connectivity index (χ2v) is 11.6. The van der Waals surface area contributed by atoms with E-state index < -0.39 is 37.6 Å². The average Bonchev–Trinajstić information content (AvgIpc) is 3.29. The molecule has 1 fully saturated rings. The zero-order chi connectivity index (χ0) is 24.9. The minimum atomic E-state index is -3.74. The lowest BCUT2D eigenvalue weighted by molar-refractivity contribution is -0.120. The summed E-state index contributed by atoms with van der Waals surface area (Å²) in [6.45, 7) is 3.97. The molecular weight excluding hydrogens is 488 g/mol. The molecule has 1 aliphatic rings. The van der Waals surface area contributed by atoms with Gasteiger partial charge in [-0.3, -0.25) is 4.79 Å². The molecule has 3 rings (SSSR count). The summed E-state index contributed by atoms with van der Waals surface area (Å²) >= 11 is 0. The standard InChI is InChI=1S/C22H25F2N3O5S2/c1-2-33(29,30)26-14-18-9-10-27(15-18)34(31,32)19-6-3-16(4-7-19)13-25-22(28)12-17-5-8-20(23)21(24)11-17/h2-8,11,18,26H,1,9-10,12-15H2,(H,25,28)/t18-/m1/s1. The van der Waals surface area contributed by atoms with Crippen LogP contribution in [0, 0.1) is 17.6 Å². The normalized spacial score (nSPS) is 16.9. The van der Waals surface area contributed by atoms with Crippen molar-refractivity contribution in [1.82, 2.24) is 14.3 Å². The molecule has 2 aromatic rings. The summed E-state index contributed by atoms with van der Waals surface area (Å²) in [4.78, 5) is 12.2. The van der Waals surface area contributed by atoms with Gasteiger partial charge >= 0.3 is 0 Å². The van der Waals surface area contributed by atoms with Gasteiger partial charge in [0.25, 0.3) is 0 Å². The zero-order valence-corrected chi connectivity index (χ0v) is 19.8. The van der Waals surface area contributed by atoms with Gasteiger partial charge in [0.05, 0.1) is 11.3 Å². The molecule has 1 atom stereocenters. The van der Waals surface area contributed by atoms with Crippen molar-refractivity contribution in [2.24, 2.45) is 5.92 Å². The molecule has 2 N–H and O–H groups in total. The molecule has 0 aromatic heterocycles. The van der Waals surface area contributed by atoms with E-state index in [4.69, 9.17) is 0 Å². The van der Waals surface area contributed by atoms with Crippen LogP contribution in [-0.2, 0) is 37.8 Å². The topological polar surface area (TPSA) is 113 Å². The minimum absolute atomic E-state index is 0.0942. The monoisotopic (exact) mass is 513 g/mol. The second kappa shape index (κ2) is 10.7. The van der Waals surface area contributed by atoms with Crippen molar-refractivity contribution < 1.29 is 30.4 Å². The molecule has 1 aliphatic heterocycles. The Morgan fingerprint density at radius 2 is 1.74 bits per heavy atom. The lowest BCUT2D eigenvalue weighted by Crippen LogP contribution is -2.32. The molecule has 0 unspecified atom stereocenters. The van der Waals surface area contributed by atoms with Crippen molar-refractivity contribution in [3.8, 4) is 0 Å². The van der Waals surface area contributed by atoms with Crippen LogP contribution < -0.4 is 10.0 Å². The van der Waals surface area contributed by atoms with E-state index >= 15 is 0 Å². The van der Waals surface area contributed by atoms with Crippen LogP contribution in [0.4, 0.5) is 8.78 Å². The van der Waals surface area contributed by atoms with Crippen molar-refractivity contribution >= 4 is 26.0 Å². The number of hydrogen-bond acceptors (Lipinski definition) is 5. The molecule has 1 heterocycles. The summed E-state index contributed by atoms with van der Waals surface area (Å²) < 4.78 is 78.7. The van der Waals surface area contributed by atoms with Crippen LogP contribution in [0.1, 0.15) is 17.5 Å². The highest BCUT2D eigenvalue weighted by Gasteiger charge is 2.32. The molecule has 0 saturated carbocycles. The lowest BCUT2D eigenvalue weighted by Gasteiger charge is -2.17. The Morgan fingerprint density at radius 3 is 2.38 bits per heavy atom. The molecule has 2 aromatic carbocycles. The number of carbonyl (C=O) groups excluding carboxylic acids is 1. The van der Waals surface area contributed by atoms with Gasteiger partial charge in [-0.05, 0) is 47.7 Å². The lowest BCUT2D eigenvalue weighted by atomic mass is 10.1. The maximum Gasteiger partial charge on any atom is 0.243 e. The summed E-state index contributed by atoms with van der Waals surface area (Å²) in [7, 11) is -7.31. The Bertz CT molecular complexity index is 1270. The third-order valence-electron chi connectivity index (χ3n) is 5.44. The number of nitrogens with zero attached hydrogens (tertiary/aromatic N) is 1. The van der Waals surface area contributed by atoms with Crippen LogP contribution in [0.25, 0.3) is 0 Å².